The summed E-state index contributed by atoms with van der Waals surface area (Å²) in [5.74, 6) is 0.911. The molecular formula is C34H26N4. The largest absolute Gasteiger partial charge is 0.379 e. The molecule has 1 aromatic carbocycles. The number of allylic oxidation sites excluding steroid dienone is 8. The molecule has 182 valence electrons. The molecule has 3 aromatic heterocycles. The lowest BCUT2D eigenvalue weighted by atomic mass is 9.72. The smallest absolute Gasteiger partial charge is 0.0947 e. The standard InChI is InChI=1S/C34H26N4/c1-2-7-27-26(6-1)28-8-4-18-36-33(28)34-29(27)19-25(20-37-34)21-9-11-22(12-10-21)30-16-15-24-14-13-23-5-3-17-35-31(23)32(24)38-30/h1-9,11-16,18-21,26-27,35H,10,17H2. The number of pyridine rings is 3. The number of nitrogens with one attached hydrogen (secondary N) is 1. The Bertz CT molecular complexity index is 1770. The second-order valence-electron chi connectivity index (χ2n) is 10.4. The van der Waals surface area contributed by atoms with Crippen molar-refractivity contribution in [1.29, 1.82) is 0 Å². The highest BCUT2D eigenvalue weighted by Gasteiger charge is 2.34. The minimum Gasteiger partial charge on any atom is -0.379 e. The quantitative estimate of drug-likeness (QED) is 0.315. The molecule has 8 rings (SSSR count). The second-order valence-corrected chi connectivity index (χ2v) is 10.4. The number of anilines is 1. The summed E-state index contributed by atoms with van der Waals surface area (Å²) in [6.45, 7) is 0.840. The van der Waals surface area contributed by atoms with Crippen molar-refractivity contribution in [3.63, 3.8) is 0 Å². The van der Waals surface area contributed by atoms with Crippen LogP contribution in [0.15, 0.2) is 103 Å². The van der Waals surface area contributed by atoms with E-state index in [9.17, 15) is 0 Å². The van der Waals surface area contributed by atoms with Crippen LogP contribution in [0.5, 0.6) is 0 Å². The summed E-state index contributed by atoms with van der Waals surface area (Å²) in [7, 11) is 0. The highest BCUT2D eigenvalue weighted by Crippen LogP contribution is 2.48. The summed E-state index contributed by atoms with van der Waals surface area (Å²) >= 11 is 0. The highest BCUT2D eigenvalue weighted by molar-refractivity contribution is 5.97. The molecule has 4 aromatic rings. The Morgan fingerprint density at radius 2 is 1.71 bits per heavy atom. The van der Waals surface area contributed by atoms with E-state index in [1.165, 1.54) is 27.8 Å². The van der Waals surface area contributed by atoms with Gasteiger partial charge in [0, 0.05) is 42.1 Å². The molecule has 0 saturated heterocycles. The van der Waals surface area contributed by atoms with E-state index in [0.717, 1.165) is 46.6 Å². The maximum atomic E-state index is 5.08. The van der Waals surface area contributed by atoms with Crippen molar-refractivity contribution in [2.75, 3.05) is 11.9 Å². The van der Waals surface area contributed by atoms with Crippen molar-refractivity contribution in [2.24, 2.45) is 0 Å². The molecule has 4 heteroatoms. The van der Waals surface area contributed by atoms with Gasteiger partial charge in [-0.2, -0.15) is 0 Å². The zero-order chi connectivity index (χ0) is 25.1. The number of aromatic nitrogens is 3. The van der Waals surface area contributed by atoms with Crippen molar-refractivity contribution < 1.29 is 0 Å². The molecule has 1 N–H and O–H groups in total. The van der Waals surface area contributed by atoms with Crippen LogP contribution in [0.25, 0.3) is 33.9 Å². The molecule has 38 heavy (non-hydrogen) atoms. The Labute approximate surface area is 221 Å². The Hall–Kier alpha value is -4.57. The second kappa shape index (κ2) is 8.49. The Kier molecular flexibility index (Phi) is 4.81. The Morgan fingerprint density at radius 1 is 0.842 bits per heavy atom. The third-order valence-electron chi connectivity index (χ3n) is 8.27. The van der Waals surface area contributed by atoms with Crippen LogP contribution in [0.1, 0.15) is 52.1 Å². The van der Waals surface area contributed by atoms with Gasteiger partial charge in [-0.3, -0.25) is 9.97 Å². The van der Waals surface area contributed by atoms with E-state index in [1.54, 1.807) is 0 Å². The van der Waals surface area contributed by atoms with Crippen LogP contribution >= 0.6 is 0 Å². The number of rotatable bonds is 2. The average Bonchev–Trinajstić information content (AvgIpc) is 3.01. The third-order valence-corrected chi connectivity index (χ3v) is 8.27. The first-order valence-corrected chi connectivity index (χ1v) is 13.4. The van der Waals surface area contributed by atoms with E-state index in [-0.39, 0.29) is 0 Å². The first kappa shape index (κ1) is 21.5. The SMILES string of the molecule is C1=CC2c3cccnc3-c3ncc(C4C=CC(c5ccc6ccc7c(c6n5)NCC=C7)=CC4)cc3C2C=C1. The molecule has 4 heterocycles. The molecule has 4 nitrogen and oxygen atoms in total. The van der Waals surface area contributed by atoms with Gasteiger partial charge in [0.05, 0.1) is 28.3 Å². The van der Waals surface area contributed by atoms with Gasteiger partial charge in [-0.05, 0) is 46.4 Å². The summed E-state index contributed by atoms with van der Waals surface area (Å²) in [6, 6.07) is 15.2. The van der Waals surface area contributed by atoms with Crippen molar-refractivity contribution in [3.05, 3.63) is 131 Å². The van der Waals surface area contributed by atoms with Crippen LogP contribution in [0.4, 0.5) is 5.69 Å². The number of benzene rings is 1. The van der Waals surface area contributed by atoms with Crippen LogP contribution < -0.4 is 5.32 Å². The summed E-state index contributed by atoms with van der Waals surface area (Å²) in [5.41, 5.74) is 11.4. The van der Waals surface area contributed by atoms with Gasteiger partial charge in [-0.25, -0.2) is 4.98 Å². The van der Waals surface area contributed by atoms with Gasteiger partial charge in [-0.15, -0.1) is 0 Å². The van der Waals surface area contributed by atoms with Gasteiger partial charge < -0.3 is 5.32 Å². The molecule has 4 aliphatic rings. The van der Waals surface area contributed by atoms with Gasteiger partial charge >= 0.3 is 0 Å². The third kappa shape index (κ3) is 3.33. The Morgan fingerprint density at radius 3 is 2.61 bits per heavy atom. The van der Waals surface area contributed by atoms with Gasteiger partial charge in [0.15, 0.2) is 0 Å². The van der Waals surface area contributed by atoms with E-state index < -0.39 is 0 Å². The fourth-order valence-corrected chi connectivity index (χ4v) is 6.33. The maximum Gasteiger partial charge on any atom is 0.0947 e. The summed E-state index contributed by atoms with van der Waals surface area (Å²) in [5, 5.41) is 4.67. The molecule has 0 amide bonds. The van der Waals surface area contributed by atoms with Gasteiger partial charge in [0.2, 0.25) is 0 Å². The lowest BCUT2D eigenvalue weighted by molar-refractivity contribution is 0.705. The van der Waals surface area contributed by atoms with Crippen LogP contribution in [-0.4, -0.2) is 21.5 Å². The fourth-order valence-electron chi connectivity index (χ4n) is 6.33. The van der Waals surface area contributed by atoms with E-state index in [2.05, 4.69) is 96.4 Å². The topological polar surface area (TPSA) is 50.7 Å². The van der Waals surface area contributed by atoms with E-state index in [4.69, 9.17) is 15.0 Å². The molecule has 0 fully saturated rings. The fraction of sp³-hybridized carbons (Fsp3) is 0.147. The van der Waals surface area contributed by atoms with Crippen LogP contribution in [0.2, 0.25) is 0 Å². The number of nitrogens with zero attached hydrogens (tertiary/aromatic N) is 3. The minimum absolute atomic E-state index is 0.295. The first-order chi connectivity index (χ1) is 18.8. The molecule has 1 aliphatic heterocycles. The van der Waals surface area contributed by atoms with Crippen molar-refractivity contribution in [1.82, 2.24) is 15.0 Å². The van der Waals surface area contributed by atoms with Gasteiger partial charge in [-0.1, -0.05) is 85.0 Å². The normalized spacial score (nSPS) is 22.2. The molecule has 3 unspecified atom stereocenters. The van der Waals surface area contributed by atoms with Gasteiger partial charge in [0.1, 0.15) is 0 Å². The maximum absolute atomic E-state index is 5.08. The lowest BCUT2D eigenvalue weighted by Gasteiger charge is -2.33. The summed E-state index contributed by atoms with van der Waals surface area (Å²) in [4.78, 5) is 14.8. The molecule has 3 atom stereocenters. The Balaban J connectivity index is 1.12. The first-order valence-electron chi connectivity index (χ1n) is 13.4. The predicted octanol–water partition coefficient (Wildman–Crippen LogP) is 7.56. The van der Waals surface area contributed by atoms with Crippen LogP contribution in [-0.2, 0) is 0 Å². The zero-order valence-corrected chi connectivity index (χ0v) is 20.9. The molecular weight excluding hydrogens is 464 g/mol. The lowest BCUT2D eigenvalue weighted by Crippen LogP contribution is -2.18. The molecule has 0 spiro atoms. The molecule has 3 aliphatic carbocycles. The molecule has 0 radical (unpaired) electrons. The van der Waals surface area contributed by atoms with Gasteiger partial charge in [0.25, 0.3) is 0 Å². The summed E-state index contributed by atoms with van der Waals surface area (Å²) in [6.07, 6.45) is 25.0. The zero-order valence-electron chi connectivity index (χ0n) is 20.9. The number of hydrogen-bond acceptors (Lipinski definition) is 4. The monoisotopic (exact) mass is 490 g/mol. The van der Waals surface area contributed by atoms with Crippen molar-refractivity contribution in [3.8, 4) is 11.4 Å². The van der Waals surface area contributed by atoms with E-state index >= 15 is 0 Å². The number of hydrogen-bond donors (Lipinski definition) is 1. The summed E-state index contributed by atoms with van der Waals surface area (Å²) < 4.78 is 0. The van der Waals surface area contributed by atoms with Crippen LogP contribution in [0, 0.1) is 0 Å². The van der Waals surface area contributed by atoms with Crippen LogP contribution in [0.3, 0.4) is 0 Å². The number of fused-ring (bicyclic) bond motifs is 9. The van der Waals surface area contributed by atoms with Crippen molar-refractivity contribution >= 4 is 28.2 Å². The van der Waals surface area contributed by atoms with Crippen molar-refractivity contribution in [2.45, 2.75) is 24.2 Å². The average molecular weight is 491 g/mol. The molecule has 0 saturated carbocycles. The minimum atomic E-state index is 0.295. The van der Waals surface area contributed by atoms with E-state index in [0.29, 0.717) is 17.8 Å². The predicted molar refractivity (Wildman–Crippen MR) is 155 cm³/mol. The molecule has 0 bridgehead atoms. The highest BCUT2D eigenvalue weighted by atomic mass is 14.9. The van der Waals surface area contributed by atoms with E-state index in [1.807, 2.05) is 18.5 Å².